The molecule has 7 heteroatoms. The Morgan fingerprint density at radius 1 is 0.933 bits per heavy atom. The first-order chi connectivity index (χ1) is 6.91. The normalized spacial score (nSPS) is 16.4. The minimum absolute atomic E-state index is 0.480. The first-order valence-corrected chi connectivity index (χ1v) is 14.1. The van der Waals surface area contributed by atoms with Crippen LogP contribution in [0.4, 0.5) is 0 Å². The third-order valence-electron chi connectivity index (χ3n) is 1.56. The second kappa shape index (κ2) is 8.97. The van der Waals surface area contributed by atoms with Gasteiger partial charge in [-0.1, -0.05) is 0 Å². The summed E-state index contributed by atoms with van der Waals surface area (Å²) in [6.45, 7) is 4.00. The molecule has 0 aromatic carbocycles. The monoisotopic (exact) mass is 374 g/mol. The van der Waals surface area contributed by atoms with E-state index in [-0.39, 0.29) is 0 Å². The molecule has 0 aliphatic rings. The summed E-state index contributed by atoms with van der Waals surface area (Å²) in [6.07, 6.45) is 3.21. The van der Waals surface area contributed by atoms with Crippen molar-refractivity contribution in [3.8, 4) is 0 Å². The van der Waals surface area contributed by atoms with Gasteiger partial charge in [0.15, 0.2) is 0 Å². The van der Waals surface area contributed by atoms with Gasteiger partial charge in [0, 0.05) is 0 Å². The molecule has 0 radical (unpaired) electrons. The van der Waals surface area contributed by atoms with Gasteiger partial charge in [-0.25, -0.2) is 0 Å². The maximum absolute atomic E-state index is 5.96. The predicted octanol–water partition coefficient (Wildman–Crippen LogP) is 5.04. The molecule has 0 N–H and O–H groups in total. The summed E-state index contributed by atoms with van der Waals surface area (Å²) in [5.41, 5.74) is -0.961. The molecule has 0 aliphatic carbocycles. The molecule has 0 spiro atoms. The van der Waals surface area contributed by atoms with Gasteiger partial charge < -0.3 is 0 Å². The summed E-state index contributed by atoms with van der Waals surface area (Å²) in [5, 5.41) is 0. The zero-order valence-electron chi connectivity index (χ0n) is 8.81. The van der Waals surface area contributed by atoms with Crippen molar-refractivity contribution in [1.29, 1.82) is 0 Å². The molecule has 0 rings (SSSR count). The zero-order valence-corrected chi connectivity index (χ0v) is 14.3. The van der Waals surface area contributed by atoms with E-state index in [4.69, 9.17) is 45.9 Å². The van der Waals surface area contributed by atoms with Crippen molar-refractivity contribution in [2.24, 2.45) is 0 Å². The fourth-order valence-electron chi connectivity index (χ4n) is 0.897. The SMILES string of the molecule is CCCC(Cl)[O][Zr]([Cl])([Cl])[O]C(Cl)CCC. The Kier molecular flexibility index (Phi) is 10.1. The summed E-state index contributed by atoms with van der Waals surface area (Å²) in [4.78, 5) is 0. The van der Waals surface area contributed by atoms with Crippen molar-refractivity contribution in [3.63, 3.8) is 0 Å². The van der Waals surface area contributed by atoms with E-state index in [1.54, 1.807) is 0 Å². The van der Waals surface area contributed by atoms with Crippen LogP contribution in [0.5, 0.6) is 0 Å². The number of hydrogen-bond donors (Lipinski definition) is 0. The van der Waals surface area contributed by atoms with Gasteiger partial charge in [0.25, 0.3) is 0 Å². The van der Waals surface area contributed by atoms with Crippen molar-refractivity contribution in [2.75, 3.05) is 0 Å². The molecular weight excluding hydrogens is 361 g/mol. The van der Waals surface area contributed by atoms with Crippen LogP contribution >= 0.6 is 40.2 Å². The molecule has 0 amide bonds. The van der Waals surface area contributed by atoms with E-state index in [1.165, 1.54) is 0 Å². The molecular formula is C8H16Cl4O2Zr. The standard InChI is InChI=1S/2C4H8ClO.2ClH.Zr/c2*1-2-3-4(5)6;;;/h2*4H,2-3H2,1H3;2*1H;/q2*-1;;;+4/p-2. The van der Waals surface area contributed by atoms with E-state index in [0.717, 1.165) is 12.8 Å². The van der Waals surface area contributed by atoms with Crippen molar-refractivity contribution in [2.45, 2.75) is 50.7 Å². The van der Waals surface area contributed by atoms with Crippen molar-refractivity contribution in [1.82, 2.24) is 0 Å². The van der Waals surface area contributed by atoms with Crippen molar-refractivity contribution >= 4 is 40.2 Å². The molecule has 15 heavy (non-hydrogen) atoms. The first kappa shape index (κ1) is 17.0. The maximum atomic E-state index is 5.96. The van der Waals surface area contributed by atoms with E-state index in [9.17, 15) is 0 Å². The van der Waals surface area contributed by atoms with Gasteiger partial charge in [-0.3, -0.25) is 0 Å². The fraction of sp³-hybridized carbons (Fsp3) is 1.00. The summed E-state index contributed by atoms with van der Waals surface area (Å²) in [6, 6.07) is 0. The summed E-state index contributed by atoms with van der Waals surface area (Å²) in [5.74, 6) is 0. The van der Waals surface area contributed by atoms with Crippen LogP contribution < -0.4 is 0 Å². The molecule has 0 fully saturated rings. The van der Waals surface area contributed by atoms with Gasteiger partial charge in [-0.05, 0) is 0 Å². The fourth-order valence-corrected chi connectivity index (χ4v) is 8.62. The summed E-state index contributed by atoms with van der Waals surface area (Å²) in [7, 11) is 11.9. The van der Waals surface area contributed by atoms with Crippen LogP contribution in [0.25, 0.3) is 0 Å². The quantitative estimate of drug-likeness (QED) is 0.552. The van der Waals surface area contributed by atoms with E-state index in [2.05, 4.69) is 0 Å². The molecule has 0 aliphatic heterocycles. The van der Waals surface area contributed by atoms with Gasteiger partial charge in [0.05, 0.1) is 0 Å². The molecule has 2 nitrogen and oxygen atoms in total. The summed E-state index contributed by atoms with van der Waals surface area (Å²) < 4.78 is 10.6. The van der Waals surface area contributed by atoms with Crippen LogP contribution in [-0.2, 0) is 24.4 Å². The Bertz CT molecular complexity index is 155. The number of hydrogen-bond acceptors (Lipinski definition) is 2. The van der Waals surface area contributed by atoms with Crippen LogP contribution in [0, 0.1) is 0 Å². The van der Waals surface area contributed by atoms with Gasteiger partial charge >= 0.3 is 115 Å². The number of halogens is 4. The van der Waals surface area contributed by atoms with Gasteiger partial charge in [0.1, 0.15) is 0 Å². The van der Waals surface area contributed by atoms with Crippen molar-refractivity contribution in [3.05, 3.63) is 0 Å². The molecule has 0 aromatic heterocycles. The zero-order chi connectivity index (χ0) is 11.9. The molecule has 0 saturated carbocycles. The average Bonchev–Trinajstić information content (AvgIpc) is 2.01. The van der Waals surface area contributed by atoms with Crippen LogP contribution in [0.2, 0.25) is 0 Å². The average molecular weight is 377 g/mol. The Balaban J connectivity index is 3.94. The molecule has 0 bridgehead atoms. The Morgan fingerprint density at radius 2 is 1.27 bits per heavy atom. The van der Waals surface area contributed by atoms with Crippen LogP contribution in [-0.4, -0.2) is 11.1 Å². The predicted molar refractivity (Wildman–Crippen MR) is 63.0 cm³/mol. The topological polar surface area (TPSA) is 18.5 Å². The second-order valence-electron chi connectivity index (χ2n) is 3.10. The number of rotatable bonds is 8. The Labute approximate surface area is 114 Å². The Hall–Kier alpha value is 1.96. The molecule has 2 unspecified atom stereocenters. The molecule has 0 saturated heterocycles. The van der Waals surface area contributed by atoms with Crippen LogP contribution in [0.1, 0.15) is 39.5 Å². The van der Waals surface area contributed by atoms with E-state index in [1.807, 2.05) is 13.8 Å². The third kappa shape index (κ3) is 9.65. The van der Waals surface area contributed by atoms with Crippen molar-refractivity contribution < 1.29 is 24.4 Å². The van der Waals surface area contributed by atoms with Gasteiger partial charge in [-0.15, -0.1) is 0 Å². The molecule has 92 valence electrons. The van der Waals surface area contributed by atoms with Gasteiger partial charge in [-0.2, -0.15) is 0 Å². The van der Waals surface area contributed by atoms with Gasteiger partial charge in [0.2, 0.25) is 0 Å². The minimum atomic E-state index is -3.97. The first-order valence-electron chi connectivity index (χ1n) is 4.92. The van der Waals surface area contributed by atoms with Crippen LogP contribution in [0.3, 0.4) is 0 Å². The van der Waals surface area contributed by atoms with Crippen LogP contribution in [0.15, 0.2) is 0 Å². The summed E-state index contributed by atoms with van der Waals surface area (Å²) >= 11 is 7.76. The van der Waals surface area contributed by atoms with E-state index < -0.39 is 29.9 Å². The van der Waals surface area contributed by atoms with E-state index >= 15 is 0 Å². The Morgan fingerprint density at radius 3 is 1.53 bits per heavy atom. The molecule has 0 aromatic rings. The molecule has 0 heterocycles. The van der Waals surface area contributed by atoms with E-state index in [0.29, 0.717) is 12.8 Å². The second-order valence-corrected chi connectivity index (χ2v) is 14.5. The third-order valence-corrected chi connectivity index (χ3v) is 7.77. The number of alkyl halides is 2. The molecule has 2 atom stereocenters.